The Morgan fingerprint density at radius 2 is 1.70 bits per heavy atom. The van der Waals surface area contributed by atoms with Crippen molar-refractivity contribution in [2.45, 2.75) is 17.7 Å². The molecule has 0 aliphatic heterocycles. The normalized spacial score (nSPS) is 11.7. The molecule has 0 saturated heterocycles. The molecule has 0 N–H and O–H groups in total. The smallest absolute Gasteiger partial charge is 0.184 e. The average molecular weight is 281 g/mol. The van der Waals surface area contributed by atoms with Crippen LogP contribution in [-0.2, 0) is 0 Å². The minimum atomic E-state index is -0.740. The van der Waals surface area contributed by atoms with E-state index in [1.54, 1.807) is 23.9 Å². The van der Waals surface area contributed by atoms with Crippen molar-refractivity contribution in [2.75, 3.05) is 6.26 Å². The lowest BCUT2D eigenvalue weighted by Crippen LogP contribution is -2.11. The fourth-order valence-corrected chi connectivity index (χ4v) is 2.37. The van der Waals surface area contributed by atoms with Crippen LogP contribution in [0.15, 0.2) is 53.4 Å². The first-order valence-corrected chi connectivity index (χ1v) is 7.52. The molecule has 2 aromatic rings. The molecule has 2 rings (SSSR count). The number of hydrogen-bond acceptors (Lipinski definition) is 3. The molecule has 0 aliphatic carbocycles. The molecule has 0 bridgehead atoms. The molecular weight excluding hydrogens is 266 g/mol. The Morgan fingerprint density at radius 1 is 1.10 bits per heavy atom. The summed E-state index contributed by atoms with van der Waals surface area (Å²) in [6, 6.07) is 17.0. The second-order valence-electron chi connectivity index (χ2n) is 4.57. The number of carbonyl (C=O) groups is 1. The van der Waals surface area contributed by atoms with Gasteiger partial charge in [-0.2, -0.15) is 5.26 Å². The van der Waals surface area contributed by atoms with Crippen LogP contribution in [0.1, 0.15) is 27.4 Å². The number of nitriles is 1. The lowest BCUT2D eigenvalue weighted by atomic mass is 9.91. The summed E-state index contributed by atoms with van der Waals surface area (Å²) < 4.78 is 0. The maximum atomic E-state index is 12.4. The minimum Gasteiger partial charge on any atom is -0.292 e. The van der Waals surface area contributed by atoms with Crippen LogP contribution in [0.5, 0.6) is 0 Å². The number of nitrogens with zero attached hydrogens (tertiary/aromatic N) is 1. The van der Waals surface area contributed by atoms with Crippen molar-refractivity contribution in [1.29, 1.82) is 5.26 Å². The maximum absolute atomic E-state index is 12.4. The van der Waals surface area contributed by atoms with Crippen LogP contribution in [0.3, 0.4) is 0 Å². The highest BCUT2D eigenvalue weighted by Crippen LogP contribution is 2.22. The molecule has 20 heavy (non-hydrogen) atoms. The predicted octanol–water partition coefficient (Wildman–Crippen LogP) is 4.21. The van der Waals surface area contributed by atoms with E-state index in [0.717, 1.165) is 16.0 Å². The zero-order chi connectivity index (χ0) is 14.5. The fourth-order valence-electron chi connectivity index (χ4n) is 1.97. The SMILES string of the molecule is CSc1ccc(C(=O)C(C#N)c2ccc(C)cc2)cc1. The van der Waals surface area contributed by atoms with E-state index < -0.39 is 5.92 Å². The minimum absolute atomic E-state index is 0.149. The Balaban J connectivity index is 2.29. The second kappa shape index (κ2) is 6.40. The number of Topliss-reactive ketones (excluding diaryl/α,β-unsaturated/α-hetero) is 1. The predicted molar refractivity (Wildman–Crippen MR) is 82.1 cm³/mol. The number of hydrogen-bond donors (Lipinski definition) is 0. The van der Waals surface area contributed by atoms with Crippen LogP contribution in [0.25, 0.3) is 0 Å². The molecule has 1 atom stereocenters. The van der Waals surface area contributed by atoms with Crippen LogP contribution in [0, 0.1) is 18.3 Å². The maximum Gasteiger partial charge on any atom is 0.184 e. The number of benzene rings is 2. The summed E-state index contributed by atoms with van der Waals surface area (Å²) in [5, 5.41) is 9.31. The number of rotatable bonds is 4. The van der Waals surface area contributed by atoms with Gasteiger partial charge in [0, 0.05) is 10.5 Å². The Kier molecular flexibility index (Phi) is 4.60. The number of ketones is 1. The molecule has 0 radical (unpaired) electrons. The van der Waals surface area contributed by atoms with Gasteiger partial charge in [-0.1, -0.05) is 42.0 Å². The molecule has 1 unspecified atom stereocenters. The van der Waals surface area contributed by atoms with Crippen molar-refractivity contribution in [3.63, 3.8) is 0 Å². The van der Waals surface area contributed by atoms with Gasteiger partial charge in [0.25, 0.3) is 0 Å². The highest BCUT2D eigenvalue weighted by atomic mass is 32.2. The summed E-state index contributed by atoms with van der Waals surface area (Å²) in [4.78, 5) is 13.5. The van der Waals surface area contributed by atoms with Gasteiger partial charge >= 0.3 is 0 Å². The molecule has 0 heterocycles. The van der Waals surface area contributed by atoms with E-state index >= 15 is 0 Å². The third-order valence-electron chi connectivity index (χ3n) is 3.18. The summed E-state index contributed by atoms with van der Waals surface area (Å²) >= 11 is 1.63. The van der Waals surface area contributed by atoms with Crippen molar-refractivity contribution in [1.82, 2.24) is 0 Å². The van der Waals surface area contributed by atoms with E-state index in [1.165, 1.54) is 0 Å². The quantitative estimate of drug-likeness (QED) is 0.622. The monoisotopic (exact) mass is 281 g/mol. The standard InChI is InChI=1S/C17H15NOS/c1-12-3-5-13(6-4-12)16(11-18)17(19)14-7-9-15(20-2)10-8-14/h3-10,16H,1-2H3. The zero-order valence-electron chi connectivity index (χ0n) is 11.5. The summed E-state index contributed by atoms with van der Waals surface area (Å²) in [5.74, 6) is -0.889. The summed E-state index contributed by atoms with van der Waals surface area (Å²) in [7, 11) is 0. The van der Waals surface area contributed by atoms with Gasteiger partial charge in [0.1, 0.15) is 5.92 Å². The topological polar surface area (TPSA) is 40.9 Å². The highest BCUT2D eigenvalue weighted by molar-refractivity contribution is 7.98. The van der Waals surface area contributed by atoms with E-state index in [2.05, 4.69) is 6.07 Å². The van der Waals surface area contributed by atoms with Gasteiger partial charge in [-0.15, -0.1) is 11.8 Å². The van der Waals surface area contributed by atoms with Crippen LogP contribution in [-0.4, -0.2) is 12.0 Å². The van der Waals surface area contributed by atoms with Gasteiger partial charge in [0.05, 0.1) is 6.07 Å². The van der Waals surface area contributed by atoms with E-state index in [1.807, 2.05) is 49.6 Å². The van der Waals surface area contributed by atoms with Gasteiger partial charge in [-0.05, 0) is 30.9 Å². The van der Waals surface area contributed by atoms with Crippen molar-refractivity contribution >= 4 is 17.5 Å². The van der Waals surface area contributed by atoms with Gasteiger partial charge in [0.2, 0.25) is 0 Å². The first-order valence-electron chi connectivity index (χ1n) is 6.30. The third-order valence-corrected chi connectivity index (χ3v) is 3.92. The van der Waals surface area contributed by atoms with E-state index in [0.29, 0.717) is 5.56 Å². The lowest BCUT2D eigenvalue weighted by molar-refractivity contribution is 0.0979. The van der Waals surface area contributed by atoms with Crippen LogP contribution in [0.2, 0.25) is 0 Å². The fraction of sp³-hybridized carbons (Fsp3) is 0.176. The molecule has 0 saturated carbocycles. The number of carbonyl (C=O) groups excluding carboxylic acids is 1. The summed E-state index contributed by atoms with van der Waals surface area (Å²) in [6.07, 6.45) is 1.99. The molecule has 2 aromatic carbocycles. The van der Waals surface area contributed by atoms with E-state index in [-0.39, 0.29) is 5.78 Å². The van der Waals surface area contributed by atoms with E-state index in [4.69, 9.17) is 0 Å². The number of thioether (sulfide) groups is 1. The van der Waals surface area contributed by atoms with Crippen molar-refractivity contribution < 1.29 is 4.79 Å². The van der Waals surface area contributed by atoms with Crippen molar-refractivity contribution in [3.8, 4) is 6.07 Å². The molecule has 0 amide bonds. The largest absolute Gasteiger partial charge is 0.292 e. The van der Waals surface area contributed by atoms with Crippen molar-refractivity contribution in [2.24, 2.45) is 0 Å². The molecule has 3 heteroatoms. The van der Waals surface area contributed by atoms with Crippen LogP contribution >= 0.6 is 11.8 Å². The Bertz CT molecular complexity index is 638. The molecule has 100 valence electrons. The van der Waals surface area contributed by atoms with Gasteiger partial charge < -0.3 is 0 Å². The zero-order valence-corrected chi connectivity index (χ0v) is 12.3. The highest BCUT2D eigenvalue weighted by Gasteiger charge is 2.21. The summed E-state index contributed by atoms with van der Waals surface area (Å²) in [6.45, 7) is 1.98. The molecule has 2 nitrogen and oxygen atoms in total. The van der Waals surface area contributed by atoms with Gasteiger partial charge in [0.15, 0.2) is 5.78 Å². The number of aryl methyl sites for hydroxylation is 1. The van der Waals surface area contributed by atoms with Gasteiger partial charge in [-0.25, -0.2) is 0 Å². The molecule has 0 spiro atoms. The molecule has 0 aliphatic rings. The third kappa shape index (κ3) is 3.09. The van der Waals surface area contributed by atoms with Crippen molar-refractivity contribution in [3.05, 3.63) is 65.2 Å². The van der Waals surface area contributed by atoms with Crippen LogP contribution in [0.4, 0.5) is 0 Å². The first-order chi connectivity index (χ1) is 9.65. The Labute approximate surface area is 123 Å². The first kappa shape index (κ1) is 14.4. The van der Waals surface area contributed by atoms with Crippen LogP contribution < -0.4 is 0 Å². The molecule has 0 aromatic heterocycles. The van der Waals surface area contributed by atoms with E-state index in [9.17, 15) is 10.1 Å². The lowest BCUT2D eigenvalue weighted by Gasteiger charge is -2.09. The summed E-state index contributed by atoms with van der Waals surface area (Å²) in [5.41, 5.74) is 2.44. The molecular formula is C17H15NOS. The van der Waals surface area contributed by atoms with Gasteiger partial charge in [-0.3, -0.25) is 4.79 Å². The second-order valence-corrected chi connectivity index (χ2v) is 5.45. The Morgan fingerprint density at radius 3 is 2.20 bits per heavy atom. The Hall–Kier alpha value is -2.05. The average Bonchev–Trinajstić information content (AvgIpc) is 2.50. The molecule has 0 fully saturated rings.